The lowest BCUT2D eigenvalue weighted by atomic mass is 10.2. The van der Waals surface area contributed by atoms with Gasteiger partial charge < -0.3 is 4.52 Å². The number of aryl methyl sites for hydroxylation is 1. The third kappa shape index (κ3) is 3.82. The number of hydrogen-bond acceptors (Lipinski definition) is 7. The Morgan fingerprint density at radius 2 is 1.93 bits per heavy atom. The van der Waals surface area contributed by atoms with Crippen molar-refractivity contribution < 1.29 is 4.52 Å². The molecule has 0 atom stereocenters. The number of thioether (sulfide) groups is 1. The van der Waals surface area contributed by atoms with Gasteiger partial charge in [0.25, 0.3) is 5.56 Å². The average Bonchev–Trinajstić information content (AvgIpc) is 3.21. The van der Waals surface area contributed by atoms with Crippen molar-refractivity contribution in [1.29, 1.82) is 0 Å². The van der Waals surface area contributed by atoms with Gasteiger partial charge in [0.2, 0.25) is 11.7 Å². The van der Waals surface area contributed by atoms with Crippen molar-refractivity contribution in [1.82, 2.24) is 24.7 Å². The van der Waals surface area contributed by atoms with E-state index in [-0.39, 0.29) is 5.56 Å². The first-order valence-electron chi connectivity index (χ1n) is 9.11. The first-order valence-corrected chi connectivity index (χ1v) is 10.1. The number of pyridine rings is 1. The van der Waals surface area contributed by atoms with Gasteiger partial charge in [-0.1, -0.05) is 29.1 Å². The highest BCUT2D eigenvalue weighted by atomic mass is 32.2. The molecular formula is C20H19N5O2S. The summed E-state index contributed by atoms with van der Waals surface area (Å²) in [4.78, 5) is 25.7. The first kappa shape index (κ1) is 18.4. The molecule has 4 aromatic rings. The normalized spacial score (nSPS) is 11.2. The van der Waals surface area contributed by atoms with Crippen molar-refractivity contribution in [2.24, 2.45) is 0 Å². The van der Waals surface area contributed by atoms with Crippen molar-refractivity contribution in [2.75, 3.05) is 5.75 Å². The predicted octanol–water partition coefficient (Wildman–Crippen LogP) is 3.59. The number of nitrogens with zero attached hydrogens (tertiary/aromatic N) is 5. The van der Waals surface area contributed by atoms with Crippen molar-refractivity contribution in [3.05, 3.63) is 65.0 Å². The molecule has 0 spiro atoms. The van der Waals surface area contributed by atoms with E-state index in [4.69, 9.17) is 4.52 Å². The molecule has 3 aromatic heterocycles. The molecule has 0 saturated heterocycles. The molecule has 1 aromatic carbocycles. The van der Waals surface area contributed by atoms with Crippen molar-refractivity contribution in [2.45, 2.75) is 31.5 Å². The van der Waals surface area contributed by atoms with Crippen LogP contribution in [0.5, 0.6) is 0 Å². The Morgan fingerprint density at radius 1 is 1.11 bits per heavy atom. The van der Waals surface area contributed by atoms with Crippen LogP contribution in [0, 0.1) is 0 Å². The summed E-state index contributed by atoms with van der Waals surface area (Å²) in [5.74, 6) is 1.98. The molecule has 0 amide bonds. The molecular weight excluding hydrogens is 374 g/mol. The first-order chi connectivity index (χ1) is 13.8. The predicted molar refractivity (Wildman–Crippen MR) is 108 cm³/mol. The molecule has 0 bridgehead atoms. The molecule has 0 unspecified atom stereocenters. The minimum atomic E-state index is 0.00879. The van der Waals surface area contributed by atoms with Crippen LogP contribution in [0.2, 0.25) is 0 Å². The number of aromatic nitrogens is 5. The lowest BCUT2D eigenvalue weighted by Gasteiger charge is -2.10. The molecule has 0 aliphatic rings. The zero-order valence-electron chi connectivity index (χ0n) is 15.4. The molecule has 0 radical (unpaired) electrons. The van der Waals surface area contributed by atoms with Crippen LogP contribution in [0.1, 0.15) is 19.2 Å². The molecule has 0 aliphatic carbocycles. The van der Waals surface area contributed by atoms with Gasteiger partial charge in [-0.2, -0.15) is 4.98 Å². The van der Waals surface area contributed by atoms with Crippen LogP contribution >= 0.6 is 11.8 Å². The van der Waals surface area contributed by atoms with Gasteiger partial charge >= 0.3 is 0 Å². The third-order valence-corrected chi connectivity index (χ3v) is 5.38. The van der Waals surface area contributed by atoms with Crippen LogP contribution in [-0.2, 0) is 13.0 Å². The van der Waals surface area contributed by atoms with E-state index in [0.29, 0.717) is 30.1 Å². The van der Waals surface area contributed by atoms with E-state index < -0.39 is 0 Å². The highest BCUT2D eigenvalue weighted by Gasteiger charge is 2.11. The zero-order chi connectivity index (χ0) is 19.3. The van der Waals surface area contributed by atoms with Crippen LogP contribution in [0.25, 0.3) is 22.3 Å². The smallest absolute Gasteiger partial charge is 0.262 e. The minimum Gasteiger partial charge on any atom is -0.339 e. The molecule has 8 heteroatoms. The summed E-state index contributed by atoms with van der Waals surface area (Å²) in [5.41, 5.74) is 1.62. The number of benzene rings is 1. The molecule has 4 rings (SSSR count). The Labute approximate surface area is 165 Å². The van der Waals surface area contributed by atoms with E-state index in [1.54, 1.807) is 28.7 Å². The Hall–Kier alpha value is -3.00. The van der Waals surface area contributed by atoms with Gasteiger partial charge in [-0.15, -0.1) is 0 Å². The van der Waals surface area contributed by atoms with Gasteiger partial charge in [-0.05, 0) is 37.6 Å². The van der Waals surface area contributed by atoms with Crippen LogP contribution in [0.3, 0.4) is 0 Å². The van der Waals surface area contributed by atoms with E-state index in [9.17, 15) is 4.79 Å². The Bertz CT molecular complexity index is 1140. The highest BCUT2D eigenvalue weighted by Crippen LogP contribution is 2.20. The summed E-state index contributed by atoms with van der Waals surface area (Å²) in [7, 11) is 0. The molecule has 7 nitrogen and oxygen atoms in total. The molecule has 28 heavy (non-hydrogen) atoms. The Balaban J connectivity index is 1.41. The van der Waals surface area contributed by atoms with Gasteiger partial charge in [-0.25, -0.2) is 4.98 Å². The van der Waals surface area contributed by atoms with Crippen LogP contribution in [-0.4, -0.2) is 30.4 Å². The van der Waals surface area contributed by atoms with Crippen molar-refractivity contribution >= 4 is 22.7 Å². The lowest BCUT2D eigenvalue weighted by molar-refractivity contribution is 0.378. The second kappa shape index (κ2) is 8.35. The SMILES string of the molecule is CCn1c(SCCCc2nc(-c3ccncc3)no2)nc2ccccc2c1=O. The largest absolute Gasteiger partial charge is 0.339 e. The van der Waals surface area contributed by atoms with Gasteiger partial charge in [0.1, 0.15) is 0 Å². The van der Waals surface area contributed by atoms with E-state index >= 15 is 0 Å². The summed E-state index contributed by atoms with van der Waals surface area (Å²) < 4.78 is 7.05. The van der Waals surface area contributed by atoms with Crippen molar-refractivity contribution in [3.8, 4) is 11.4 Å². The van der Waals surface area contributed by atoms with Gasteiger partial charge in [0, 0.05) is 36.7 Å². The molecule has 0 saturated carbocycles. The highest BCUT2D eigenvalue weighted by molar-refractivity contribution is 7.99. The monoisotopic (exact) mass is 393 g/mol. The topological polar surface area (TPSA) is 86.7 Å². The van der Waals surface area contributed by atoms with E-state index in [2.05, 4.69) is 20.1 Å². The number of fused-ring (bicyclic) bond motifs is 1. The number of rotatable bonds is 7. The fourth-order valence-electron chi connectivity index (χ4n) is 2.90. The lowest BCUT2D eigenvalue weighted by Crippen LogP contribution is -2.22. The standard InChI is InChI=1S/C20H19N5O2S/c1-2-25-19(26)15-6-3-4-7-16(15)22-20(25)28-13-5-8-17-23-18(24-27-17)14-9-11-21-12-10-14/h3-4,6-7,9-12H,2,5,8,13H2,1H3. The minimum absolute atomic E-state index is 0.00879. The van der Waals surface area contributed by atoms with Gasteiger partial charge in [-0.3, -0.25) is 14.3 Å². The fraction of sp³-hybridized carbons (Fsp3) is 0.250. The molecule has 0 aliphatic heterocycles. The van der Waals surface area contributed by atoms with Gasteiger partial charge in [0.15, 0.2) is 5.16 Å². The van der Waals surface area contributed by atoms with Gasteiger partial charge in [0.05, 0.1) is 10.9 Å². The second-order valence-electron chi connectivity index (χ2n) is 6.16. The summed E-state index contributed by atoms with van der Waals surface area (Å²) in [6.45, 7) is 2.55. The van der Waals surface area contributed by atoms with Crippen LogP contribution < -0.4 is 5.56 Å². The zero-order valence-corrected chi connectivity index (χ0v) is 16.2. The van der Waals surface area contributed by atoms with Crippen LogP contribution in [0.15, 0.2) is 63.3 Å². The second-order valence-corrected chi connectivity index (χ2v) is 7.22. The van der Waals surface area contributed by atoms with E-state index in [0.717, 1.165) is 28.4 Å². The number of para-hydroxylation sites is 1. The summed E-state index contributed by atoms with van der Waals surface area (Å²) >= 11 is 1.58. The maximum absolute atomic E-state index is 12.6. The summed E-state index contributed by atoms with van der Waals surface area (Å²) in [6.07, 6.45) is 4.92. The average molecular weight is 393 g/mol. The maximum Gasteiger partial charge on any atom is 0.262 e. The fourth-order valence-corrected chi connectivity index (χ4v) is 3.90. The molecule has 3 heterocycles. The van der Waals surface area contributed by atoms with Crippen LogP contribution in [0.4, 0.5) is 0 Å². The summed E-state index contributed by atoms with van der Waals surface area (Å²) in [6, 6.07) is 11.2. The van der Waals surface area contributed by atoms with E-state index in [1.807, 2.05) is 43.3 Å². The molecule has 142 valence electrons. The van der Waals surface area contributed by atoms with Crippen molar-refractivity contribution in [3.63, 3.8) is 0 Å². The third-order valence-electron chi connectivity index (χ3n) is 4.32. The Kier molecular flexibility index (Phi) is 5.48. The number of hydrogen-bond donors (Lipinski definition) is 0. The summed E-state index contributed by atoms with van der Waals surface area (Å²) in [5, 5.41) is 5.42. The Morgan fingerprint density at radius 3 is 2.75 bits per heavy atom. The molecule has 0 fully saturated rings. The maximum atomic E-state index is 12.6. The molecule has 0 N–H and O–H groups in total. The quantitative estimate of drug-likeness (QED) is 0.269. The van der Waals surface area contributed by atoms with E-state index in [1.165, 1.54) is 0 Å².